The molecule has 2 unspecified atom stereocenters. The van der Waals surface area contributed by atoms with E-state index in [2.05, 4.69) is 73.6 Å². The molecular weight excluding hydrogens is 512 g/mol. The number of rotatable bonds is 5. The van der Waals surface area contributed by atoms with Crippen LogP contribution in [0, 0.1) is 26.7 Å². The van der Waals surface area contributed by atoms with Gasteiger partial charge in [0, 0.05) is 29.5 Å². The molecule has 1 fully saturated rings. The molecule has 1 saturated heterocycles. The van der Waals surface area contributed by atoms with Crippen molar-refractivity contribution in [3.63, 3.8) is 0 Å². The largest absolute Gasteiger partial charge is 0.462 e. The number of H-pyrrole nitrogens is 1. The van der Waals surface area contributed by atoms with Gasteiger partial charge in [0.2, 0.25) is 12.1 Å². The molecule has 1 amide bonds. The maximum absolute atomic E-state index is 12.9. The fourth-order valence-electron chi connectivity index (χ4n) is 6.56. The number of ether oxygens (including phenoxy) is 1. The Kier molecular flexibility index (Phi) is 6.07. The summed E-state index contributed by atoms with van der Waals surface area (Å²) in [5, 5.41) is 1.22. The molecule has 0 aliphatic carbocycles. The van der Waals surface area contributed by atoms with Crippen molar-refractivity contribution in [1.29, 1.82) is 0 Å². The molecule has 2 aromatic carbocycles. The molecule has 7 rings (SSSR count). The third-order valence-electron chi connectivity index (χ3n) is 8.50. The van der Waals surface area contributed by atoms with E-state index in [9.17, 15) is 4.79 Å². The highest BCUT2D eigenvalue weighted by molar-refractivity contribution is 5.94. The Balaban J connectivity index is 1.28. The minimum Gasteiger partial charge on any atom is -0.462 e. The fraction of sp³-hybridized carbons (Fsp3) is 0.353. The Morgan fingerprint density at radius 2 is 1.95 bits per heavy atom. The second-order valence-electron chi connectivity index (χ2n) is 12.0. The molecule has 41 heavy (non-hydrogen) atoms. The minimum atomic E-state index is -0.420. The summed E-state index contributed by atoms with van der Waals surface area (Å²) in [5.74, 6) is 3.83. The van der Waals surface area contributed by atoms with Crippen LogP contribution < -0.4 is 4.74 Å². The third kappa shape index (κ3) is 4.26. The molecule has 5 heterocycles. The van der Waals surface area contributed by atoms with Gasteiger partial charge < -0.3 is 19.0 Å². The van der Waals surface area contributed by atoms with Crippen LogP contribution in [-0.4, -0.2) is 31.9 Å². The SMILES string of the molecule is Cc1ccc2c(c1)c(C)c1n2C(c2ccc(C)o2)Oc2cc(-c3cnc(C4CCCN4C(=O)CC(C)C)[nH]3)ccc2-1. The normalized spacial score (nSPS) is 18.1. The summed E-state index contributed by atoms with van der Waals surface area (Å²) >= 11 is 0. The predicted molar refractivity (Wildman–Crippen MR) is 160 cm³/mol. The monoisotopic (exact) mass is 548 g/mol. The molecule has 7 heteroatoms. The predicted octanol–water partition coefficient (Wildman–Crippen LogP) is 7.87. The number of benzene rings is 2. The lowest BCUT2D eigenvalue weighted by molar-refractivity contribution is -0.133. The van der Waals surface area contributed by atoms with Crippen LogP contribution in [0.25, 0.3) is 33.4 Å². The highest BCUT2D eigenvalue weighted by Gasteiger charge is 2.34. The van der Waals surface area contributed by atoms with Crippen LogP contribution in [0.5, 0.6) is 5.75 Å². The molecule has 210 valence electrons. The van der Waals surface area contributed by atoms with Crippen LogP contribution in [0.3, 0.4) is 0 Å². The van der Waals surface area contributed by atoms with Gasteiger partial charge in [-0.05, 0) is 81.5 Å². The van der Waals surface area contributed by atoms with E-state index in [-0.39, 0.29) is 11.9 Å². The van der Waals surface area contributed by atoms with Gasteiger partial charge in [0.15, 0.2) is 5.76 Å². The van der Waals surface area contributed by atoms with E-state index in [1.807, 2.05) is 30.2 Å². The Morgan fingerprint density at radius 3 is 2.73 bits per heavy atom. The van der Waals surface area contributed by atoms with Crippen LogP contribution in [0.2, 0.25) is 0 Å². The number of hydrogen-bond donors (Lipinski definition) is 1. The maximum Gasteiger partial charge on any atom is 0.235 e. The summed E-state index contributed by atoms with van der Waals surface area (Å²) in [5.41, 5.74) is 7.70. The molecule has 0 spiro atoms. The smallest absolute Gasteiger partial charge is 0.235 e. The molecule has 2 aliphatic heterocycles. The Bertz CT molecular complexity index is 1790. The zero-order valence-corrected chi connectivity index (χ0v) is 24.3. The van der Waals surface area contributed by atoms with Gasteiger partial charge >= 0.3 is 0 Å². The Labute approximate surface area is 240 Å². The maximum atomic E-state index is 12.9. The summed E-state index contributed by atoms with van der Waals surface area (Å²) < 4.78 is 15.1. The average Bonchev–Trinajstić information content (AvgIpc) is 3.74. The third-order valence-corrected chi connectivity index (χ3v) is 8.50. The summed E-state index contributed by atoms with van der Waals surface area (Å²) in [6.45, 7) is 11.2. The van der Waals surface area contributed by atoms with Crippen molar-refractivity contribution in [3.8, 4) is 28.3 Å². The molecule has 5 aromatic rings. The van der Waals surface area contributed by atoms with Crippen molar-refractivity contribution >= 4 is 16.8 Å². The van der Waals surface area contributed by atoms with Crippen LogP contribution in [0.15, 0.2) is 59.1 Å². The number of nitrogens with zero attached hydrogens (tertiary/aromatic N) is 3. The summed E-state index contributed by atoms with van der Waals surface area (Å²) in [6.07, 6.45) is 3.95. The quantitative estimate of drug-likeness (QED) is 0.242. The molecule has 0 saturated carbocycles. The molecule has 2 atom stereocenters. The van der Waals surface area contributed by atoms with Gasteiger partial charge in [-0.25, -0.2) is 4.98 Å². The first kappa shape index (κ1) is 25.7. The molecule has 2 aliphatic rings. The number of carbonyl (C=O) groups is 1. The summed E-state index contributed by atoms with van der Waals surface area (Å²) in [7, 11) is 0. The van der Waals surface area contributed by atoms with E-state index in [4.69, 9.17) is 14.1 Å². The standard InChI is InChI=1S/C34H36N4O3/c1-19(2)15-31(39)37-14-6-7-28(37)33-35-18-26(36-33)23-10-11-24-30(17-23)41-34(29-13-9-21(4)40-29)38-27-12-8-20(3)16-25(27)22(5)32(24)38/h8-13,16-19,28,34H,6-7,14-15H2,1-5H3,(H,35,36). The number of amides is 1. The Hall–Kier alpha value is -4.26. The summed E-state index contributed by atoms with van der Waals surface area (Å²) in [6, 6.07) is 16.9. The van der Waals surface area contributed by atoms with Crippen molar-refractivity contribution in [3.05, 3.63) is 83.2 Å². The number of fused-ring (bicyclic) bond motifs is 5. The van der Waals surface area contributed by atoms with Crippen molar-refractivity contribution in [1.82, 2.24) is 19.4 Å². The van der Waals surface area contributed by atoms with Gasteiger partial charge in [0.1, 0.15) is 17.3 Å². The number of carbonyl (C=O) groups excluding carboxylic acids is 1. The van der Waals surface area contributed by atoms with Gasteiger partial charge in [-0.1, -0.05) is 31.5 Å². The number of imidazole rings is 1. The molecule has 0 radical (unpaired) electrons. The lowest BCUT2D eigenvalue weighted by atomic mass is 10.0. The lowest BCUT2D eigenvalue weighted by Crippen LogP contribution is -2.31. The highest BCUT2D eigenvalue weighted by atomic mass is 16.5. The number of aromatic nitrogens is 3. The van der Waals surface area contributed by atoms with E-state index in [0.29, 0.717) is 12.3 Å². The van der Waals surface area contributed by atoms with E-state index in [0.717, 1.165) is 70.5 Å². The first-order chi connectivity index (χ1) is 19.8. The summed E-state index contributed by atoms with van der Waals surface area (Å²) in [4.78, 5) is 23.2. The number of nitrogens with one attached hydrogen (secondary N) is 1. The van der Waals surface area contributed by atoms with Gasteiger partial charge in [-0.15, -0.1) is 0 Å². The lowest BCUT2D eigenvalue weighted by Gasteiger charge is -2.29. The molecular formula is C34H36N4O3. The number of aryl methyl sites for hydroxylation is 3. The average molecular weight is 549 g/mol. The van der Waals surface area contributed by atoms with Crippen molar-refractivity contribution in [2.24, 2.45) is 5.92 Å². The fourth-order valence-corrected chi connectivity index (χ4v) is 6.56. The number of likely N-dealkylation sites (tertiary alicyclic amines) is 1. The topological polar surface area (TPSA) is 76.3 Å². The van der Waals surface area contributed by atoms with Gasteiger partial charge in [-0.3, -0.25) is 9.36 Å². The second kappa shape index (κ2) is 9.68. The van der Waals surface area contributed by atoms with Crippen LogP contribution in [0.1, 0.15) is 73.9 Å². The van der Waals surface area contributed by atoms with E-state index in [1.54, 1.807) is 0 Å². The van der Waals surface area contributed by atoms with Crippen LogP contribution in [-0.2, 0) is 4.79 Å². The molecule has 7 nitrogen and oxygen atoms in total. The first-order valence-corrected chi connectivity index (χ1v) is 14.6. The van der Waals surface area contributed by atoms with Gasteiger partial charge in [0.25, 0.3) is 0 Å². The van der Waals surface area contributed by atoms with Gasteiger partial charge in [0.05, 0.1) is 29.1 Å². The van der Waals surface area contributed by atoms with Crippen molar-refractivity contribution in [2.45, 2.75) is 66.2 Å². The van der Waals surface area contributed by atoms with Gasteiger partial charge in [-0.2, -0.15) is 0 Å². The number of aromatic amines is 1. The highest BCUT2D eigenvalue weighted by Crippen LogP contribution is 2.48. The molecule has 0 bridgehead atoms. The first-order valence-electron chi connectivity index (χ1n) is 14.6. The van der Waals surface area contributed by atoms with Crippen LogP contribution in [0.4, 0.5) is 0 Å². The van der Waals surface area contributed by atoms with Crippen LogP contribution >= 0.6 is 0 Å². The van der Waals surface area contributed by atoms with E-state index >= 15 is 0 Å². The van der Waals surface area contributed by atoms with E-state index in [1.165, 1.54) is 16.5 Å². The zero-order chi connectivity index (χ0) is 28.4. The Morgan fingerprint density at radius 1 is 1.10 bits per heavy atom. The minimum absolute atomic E-state index is 0.00253. The number of furan rings is 1. The van der Waals surface area contributed by atoms with Crippen molar-refractivity contribution in [2.75, 3.05) is 6.54 Å². The molecule has 3 aromatic heterocycles. The zero-order valence-electron chi connectivity index (χ0n) is 24.3. The number of hydrogen-bond acceptors (Lipinski definition) is 4. The van der Waals surface area contributed by atoms with E-state index < -0.39 is 6.23 Å². The molecule has 1 N–H and O–H groups in total. The van der Waals surface area contributed by atoms with Crippen molar-refractivity contribution < 1.29 is 13.9 Å². The second-order valence-corrected chi connectivity index (χ2v) is 12.0.